The minimum Gasteiger partial charge on any atom is -0.372 e. The lowest BCUT2D eigenvalue weighted by molar-refractivity contribution is -0.127. The van der Waals surface area contributed by atoms with Gasteiger partial charge >= 0.3 is 0 Å². The van der Waals surface area contributed by atoms with Crippen LogP contribution in [0.1, 0.15) is 20.3 Å². The standard InChI is InChI=1S/C16H23N3O2/c1-4-19(5-2)14-8-6-13(7-9-14)17-16(21)12-10-15(20)18(3)11-12/h6-9,12H,4-5,10-11H2,1-3H3,(H,17,21)/t12-/m0/s1. The molecular weight excluding hydrogens is 266 g/mol. The summed E-state index contributed by atoms with van der Waals surface area (Å²) in [6.07, 6.45) is 0.305. The zero-order chi connectivity index (χ0) is 15.4. The molecule has 1 N–H and O–H groups in total. The molecule has 0 bridgehead atoms. The van der Waals surface area contributed by atoms with Crippen molar-refractivity contribution in [1.29, 1.82) is 0 Å². The number of carbonyl (C=O) groups excluding carboxylic acids is 2. The highest BCUT2D eigenvalue weighted by atomic mass is 16.2. The van der Waals surface area contributed by atoms with Crippen molar-refractivity contribution >= 4 is 23.2 Å². The number of carbonyl (C=O) groups is 2. The Morgan fingerprint density at radius 3 is 2.38 bits per heavy atom. The van der Waals surface area contributed by atoms with Crippen molar-refractivity contribution in [2.75, 3.05) is 36.9 Å². The molecule has 1 aromatic carbocycles. The second kappa shape index (κ2) is 6.61. The largest absolute Gasteiger partial charge is 0.372 e. The van der Waals surface area contributed by atoms with Crippen LogP contribution in [0.3, 0.4) is 0 Å². The van der Waals surface area contributed by atoms with Gasteiger partial charge in [-0.2, -0.15) is 0 Å². The number of nitrogens with one attached hydrogen (secondary N) is 1. The van der Waals surface area contributed by atoms with E-state index in [4.69, 9.17) is 0 Å². The van der Waals surface area contributed by atoms with E-state index >= 15 is 0 Å². The van der Waals surface area contributed by atoms with Gasteiger partial charge < -0.3 is 15.1 Å². The number of benzene rings is 1. The summed E-state index contributed by atoms with van der Waals surface area (Å²) < 4.78 is 0. The van der Waals surface area contributed by atoms with Gasteiger partial charge in [-0.25, -0.2) is 0 Å². The fourth-order valence-corrected chi connectivity index (χ4v) is 2.63. The minimum absolute atomic E-state index is 0.0343. The molecule has 21 heavy (non-hydrogen) atoms. The van der Waals surface area contributed by atoms with E-state index in [0.717, 1.165) is 24.5 Å². The Bertz CT molecular complexity index is 509. The average molecular weight is 289 g/mol. The van der Waals surface area contributed by atoms with Crippen molar-refractivity contribution in [3.63, 3.8) is 0 Å². The van der Waals surface area contributed by atoms with E-state index in [0.29, 0.717) is 13.0 Å². The molecule has 5 nitrogen and oxygen atoms in total. The third kappa shape index (κ3) is 3.54. The molecule has 114 valence electrons. The van der Waals surface area contributed by atoms with E-state index < -0.39 is 0 Å². The minimum atomic E-state index is -0.245. The highest BCUT2D eigenvalue weighted by Gasteiger charge is 2.32. The van der Waals surface area contributed by atoms with Crippen molar-refractivity contribution in [1.82, 2.24) is 4.90 Å². The summed E-state index contributed by atoms with van der Waals surface area (Å²) in [6, 6.07) is 7.83. The van der Waals surface area contributed by atoms with E-state index in [1.54, 1.807) is 11.9 Å². The Hall–Kier alpha value is -2.04. The predicted molar refractivity (Wildman–Crippen MR) is 84.4 cm³/mol. The van der Waals surface area contributed by atoms with Crippen LogP contribution in [0.15, 0.2) is 24.3 Å². The lowest BCUT2D eigenvalue weighted by Gasteiger charge is -2.21. The summed E-state index contributed by atoms with van der Waals surface area (Å²) in [7, 11) is 1.73. The Balaban J connectivity index is 1.97. The zero-order valence-electron chi connectivity index (χ0n) is 12.9. The fourth-order valence-electron chi connectivity index (χ4n) is 2.63. The lowest BCUT2D eigenvalue weighted by Crippen LogP contribution is -2.25. The molecule has 2 amide bonds. The first kappa shape index (κ1) is 15.4. The molecular formula is C16H23N3O2. The van der Waals surface area contributed by atoms with Gasteiger partial charge in [0.25, 0.3) is 0 Å². The van der Waals surface area contributed by atoms with E-state index in [9.17, 15) is 9.59 Å². The summed E-state index contributed by atoms with van der Waals surface area (Å²) in [5.41, 5.74) is 1.92. The van der Waals surface area contributed by atoms with Crippen LogP contribution in [0, 0.1) is 5.92 Å². The maximum absolute atomic E-state index is 12.1. The number of hydrogen-bond acceptors (Lipinski definition) is 3. The van der Waals surface area contributed by atoms with Crippen LogP contribution in [0.2, 0.25) is 0 Å². The van der Waals surface area contributed by atoms with Crippen LogP contribution >= 0.6 is 0 Å². The van der Waals surface area contributed by atoms with Gasteiger partial charge in [-0.3, -0.25) is 9.59 Å². The molecule has 1 fully saturated rings. The number of hydrogen-bond donors (Lipinski definition) is 1. The van der Waals surface area contributed by atoms with Crippen LogP contribution < -0.4 is 10.2 Å². The van der Waals surface area contributed by atoms with Crippen molar-refractivity contribution in [3.05, 3.63) is 24.3 Å². The zero-order valence-corrected chi connectivity index (χ0v) is 12.9. The quantitative estimate of drug-likeness (QED) is 0.901. The van der Waals surface area contributed by atoms with Gasteiger partial charge in [0.15, 0.2) is 0 Å². The Labute approximate surface area is 125 Å². The van der Waals surface area contributed by atoms with E-state index in [1.807, 2.05) is 24.3 Å². The Morgan fingerprint density at radius 1 is 1.29 bits per heavy atom. The summed E-state index contributed by atoms with van der Waals surface area (Å²) in [4.78, 5) is 27.5. The maximum atomic E-state index is 12.1. The average Bonchev–Trinajstić information content (AvgIpc) is 2.82. The molecule has 1 aliphatic heterocycles. The topological polar surface area (TPSA) is 52.7 Å². The van der Waals surface area contributed by atoms with Gasteiger partial charge in [0.05, 0.1) is 5.92 Å². The maximum Gasteiger partial charge on any atom is 0.229 e. The number of nitrogens with zero attached hydrogens (tertiary/aromatic N) is 2. The van der Waals surface area contributed by atoms with Crippen LogP contribution in [0.4, 0.5) is 11.4 Å². The van der Waals surface area contributed by atoms with Gasteiger partial charge in [-0.05, 0) is 38.1 Å². The van der Waals surface area contributed by atoms with Gasteiger partial charge in [0.2, 0.25) is 11.8 Å². The Morgan fingerprint density at radius 2 is 1.90 bits per heavy atom. The smallest absolute Gasteiger partial charge is 0.229 e. The number of amides is 2. The summed E-state index contributed by atoms with van der Waals surface area (Å²) in [6.45, 7) is 6.65. The van der Waals surface area contributed by atoms with Crippen molar-refractivity contribution in [2.45, 2.75) is 20.3 Å². The van der Waals surface area contributed by atoms with E-state index in [2.05, 4.69) is 24.1 Å². The van der Waals surface area contributed by atoms with Crippen molar-refractivity contribution in [3.8, 4) is 0 Å². The molecule has 1 heterocycles. The monoisotopic (exact) mass is 289 g/mol. The number of rotatable bonds is 5. The molecule has 5 heteroatoms. The predicted octanol–water partition coefficient (Wildman–Crippen LogP) is 1.95. The van der Waals surface area contributed by atoms with Gasteiger partial charge in [0.1, 0.15) is 0 Å². The van der Waals surface area contributed by atoms with Crippen LogP contribution in [-0.4, -0.2) is 43.4 Å². The molecule has 1 saturated heterocycles. The van der Waals surface area contributed by atoms with E-state index in [-0.39, 0.29) is 17.7 Å². The first-order valence-corrected chi connectivity index (χ1v) is 7.45. The SMILES string of the molecule is CCN(CC)c1ccc(NC(=O)[C@H]2CC(=O)N(C)C2)cc1. The van der Waals surface area contributed by atoms with Crippen molar-refractivity contribution in [2.24, 2.45) is 5.92 Å². The third-order valence-corrected chi connectivity index (χ3v) is 3.98. The van der Waals surface area contributed by atoms with Gasteiger partial charge in [-0.1, -0.05) is 0 Å². The molecule has 1 atom stereocenters. The molecule has 0 unspecified atom stereocenters. The normalized spacial score (nSPS) is 18.0. The van der Waals surface area contributed by atoms with Gasteiger partial charge in [0, 0.05) is 44.5 Å². The molecule has 1 aliphatic rings. The second-order valence-electron chi connectivity index (χ2n) is 5.38. The first-order chi connectivity index (χ1) is 10.0. The Kier molecular flexibility index (Phi) is 4.83. The first-order valence-electron chi connectivity index (χ1n) is 7.45. The molecule has 0 saturated carbocycles. The van der Waals surface area contributed by atoms with E-state index in [1.165, 1.54) is 0 Å². The summed E-state index contributed by atoms with van der Waals surface area (Å²) in [5, 5.41) is 2.89. The molecule has 0 aromatic heterocycles. The van der Waals surface area contributed by atoms with Crippen LogP contribution in [-0.2, 0) is 9.59 Å². The summed E-state index contributed by atoms with van der Waals surface area (Å²) >= 11 is 0. The molecule has 0 aliphatic carbocycles. The molecule has 1 aromatic rings. The van der Waals surface area contributed by atoms with Gasteiger partial charge in [-0.15, -0.1) is 0 Å². The molecule has 2 rings (SSSR count). The van der Waals surface area contributed by atoms with Crippen LogP contribution in [0.25, 0.3) is 0 Å². The second-order valence-corrected chi connectivity index (χ2v) is 5.38. The number of anilines is 2. The lowest BCUT2D eigenvalue weighted by atomic mass is 10.1. The molecule has 0 radical (unpaired) electrons. The van der Waals surface area contributed by atoms with Crippen LogP contribution in [0.5, 0.6) is 0 Å². The third-order valence-electron chi connectivity index (χ3n) is 3.98. The van der Waals surface area contributed by atoms with Crippen molar-refractivity contribution < 1.29 is 9.59 Å². The highest BCUT2D eigenvalue weighted by Crippen LogP contribution is 2.21. The number of likely N-dealkylation sites (tertiary alicyclic amines) is 1. The summed E-state index contributed by atoms with van der Waals surface area (Å²) in [5.74, 6) is -0.291. The fraction of sp³-hybridized carbons (Fsp3) is 0.500. The molecule has 0 spiro atoms. The highest BCUT2D eigenvalue weighted by molar-refractivity contribution is 5.97.